The molecule has 0 spiro atoms. The molecule has 0 heterocycles. The molecule has 2 rings (SSSR count). The molecule has 0 fully saturated rings. The number of benzene rings is 2. The standard InChI is InChI=1S/C20H23N3O2S/c1-3-4-13-21-18(24)16-11-7-8-12-17(16)22-20(26)23-19(25)15-10-6-5-9-14(15)2/h5-12H,3-4,13H2,1-2H3,(H,21,24)(H2,22,23,25,26). The summed E-state index contributed by atoms with van der Waals surface area (Å²) in [5, 5.41) is 8.62. The molecule has 5 nitrogen and oxygen atoms in total. The van der Waals surface area contributed by atoms with Gasteiger partial charge in [0.2, 0.25) is 0 Å². The third-order valence-electron chi connectivity index (χ3n) is 3.85. The number of thiocarbonyl (C=S) groups is 1. The molecule has 136 valence electrons. The summed E-state index contributed by atoms with van der Waals surface area (Å²) >= 11 is 5.23. The fraction of sp³-hybridized carbons (Fsp3) is 0.250. The van der Waals surface area contributed by atoms with Gasteiger partial charge in [0.15, 0.2) is 5.11 Å². The van der Waals surface area contributed by atoms with Crippen LogP contribution in [0.4, 0.5) is 5.69 Å². The first-order valence-corrected chi connectivity index (χ1v) is 8.99. The summed E-state index contributed by atoms with van der Waals surface area (Å²) in [5.74, 6) is -0.458. The number of rotatable bonds is 6. The summed E-state index contributed by atoms with van der Waals surface area (Å²) in [7, 11) is 0. The fourth-order valence-electron chi connectivity index (χ4n) is 2.42. The van der Waals surface area contributed by atoms with E-state index >= 15 is 0 Å². The Morgan fingerprint density at radius 3 is 2.31 bits per heavy atom. The fourth-order valence-corrected chi connectivity index (χ4v) is 2.62. The lowest BCUT2D eigenvalue weighted by Crippen LogP contribution is -2.35. The van der Waals surface area contributed by atoms with Crippen LogP contribution >= 0.6 is 12.2 Å². The molecule has 0 aliphatic rings. The first-order chi connectivity index (χ1) is 12.5. The van der Waals surface area contributed by atoms with E-state index < -0.39 is 0 Å². The summed E-state index contributed by atoms with van der Waals surface area (Å²) in [6, 6.07) is 14.3. The van der Waals surface area contributed by atoms with Gasteiger partial charge in [-0.3, -0.25) is 14.9 Å². The van der Waals surface area contributed by atoms with E-state index in [-0.39, 0.29) is 16.9 Å². The smallest absolute Gasteiger partial charge is 0.257 e. The molecule has 6 heteroatoms. The average Bonchev–Trinajstić information content (AvgIpc) is 2.62. The minimum atomic E-state index is -0.287. The zero-order valence-corrected chi connectivity index (χ0v) is 15.8. The third-order valence-corrected chi connectivity index (χ3v) is 4.06. The van der Waals surface area contributed by atoms with E-state index in [4.69, 9.17) is 12.2 Å². The Balaban J connectivity index is 2.04. The van der Waals surface area contributed by atoms with Crippen LogP contribution in [0.5, 0.6) is 0 Å². The minimum Gasteiger partial charge on any atom is -0.352 e. The van der Waals surface area contributed by atoms with E-state index in [2.05, 4.69) is 22.9 Å². The molecular formula is C20H23N3O2S. The SMILES string of the molecule is CCCCNC(=O)c1ccccc1NC(=S)NC(=O)c1ccccc1C. The van der Waals surface area contributed by atoms with Crippen molar-refractivity contribution in [3.8, 4) is 0 Å². The van der Waals surface area contributed by atoms with E-state index in [9.17, 15) is 9.59 Å². The van der Waals surface area contributed by atoms with Crippen molar-refractivity contribution in [1.29, 1.82) is 0 Å². The molecule has 0 atom stereocenters. The second-order valence-corrected chi connectivity index (χ2v) is 6.29. The number of unbranched alkanes of at least 4 members (excludes halogenated alkanes) is 1. The average molecular weight is 369 g/mol. The highest BCUT2D eigenvalue weighted by Crippen LogP contribution is 2.15. The van der Waals surface area contributed by atoms with Gasteiger partial charge in [-0.25, -0.2) is 0 Å². The number of nitrogens with one attached hydrogen (secondary N) is 3. The lowest BCUT2D eigenvalue weighted by molar-refractivity contribution is 0.0952. The molecule has 0 aliphatic heterocycles. The zero-order valence-electron chi connectivity index (χ0n) is 15.0. The highest BCUT2D eigenvalue weighted by Gasteiger charge is 2.14. The van der Waals surface area contributed by atoms with Crippen molar-refractivity contribution in [3.63, 3.8) is 0 Å². The summed E-state index contributed by atoms with van der Waals surface area (Å²) in [6.07, 6.45) is 1.93. The molecule has 2 amide bonds. The van der Waals surface area contributed by atoms with Crippen molar-refractivity contribution in [3.05, 3.63) is 65.2 Å². The van der Waals surface area contributed by atoms with Crippen LogP contribution in [0.15, 0.2) is 48.5 Å². The second-order valence-electron chi connectivity index (χ2n) is 5.88. The summed E-state index contributed by atoms with van der Waals surface area (Å²) in [5.41, 5.74) is 2.46. The molecule has 0 saturated heterocycles. The molecule has 0 bridgehead atoms. The van der Waals surface area contributed by atoms with Crippen LogP contribution in [0.25, 0.3) is 0 Å². The normalized spacial score (nSPS) is 10.1. The number of hydrogen-bond donors (Lipinski definition) is 3. The quantitative estimate of drug-likeness (QED) is 0.537. The molecule has 26 heavy (non-hydrogen) atoms. The maximum absolute atomic E-state index is 12.3. The lowest BCUT2D eigenvalue weighted by atomic mass is 10.1. The molecule has 2 aromatic rings. The second kappa shape index (κ2) is 9.68. The highest BCUT2D eigenvalue weighted by atomic mass is 32.1. The van der Waals surface area contributed by atoms with Crippen molar-refractivity contribution < 1.29 is 9.59 Å². The zero-order chi connectivity index (χ0) is 18.9. The molecule has 0 unspecified atom stereocenters. The van der Waals surface area contributed by atoms with Crippen molar-refractivity contribution in [2.24, 2.45) is 0 Å². The maximum atomic E-state index is 12.3. The summed E-state index contributed by atoms with van der Waals surface area (Å²) in [6.45, 7) is 4.55. The Morgan fingerprint density at radius 1 is 0.962 bits per heavy atom. The highest BCUT2D eigenvalue weighted by molar-refractivity contribution is 7.80. The monoisotopic (exact) mass is 369 g/mol. The van der Waals surface area contributed by atoms with Crippen LogP contribution in [0.1, 0.15) is 46.0 Å². The maximum Gasteiger partial charge on any atom is 0.257 e. The van der Waals surface area contributed by atoms with Crippen LogP contribution in [-0.2, 0) is 0 Å². The molecule has 0 aliphatic carbocycles. The first kappa shape index (κ1) is 19.6. The van der Waals surface area contributed by atoms with E-state index in [0.717, 1.165) is 18.4 Å². The van der Waals surface area contributed by atoms with Crippen LogP contribution in [0.3, 0.4) is 0 Å². The van der Waals surface area contributed by atoms with Gasteiger partial charge in [0.05, 0.1) is 11.3 Å². The van der Waals surface area contributed by atoms with Crippen LogP contribution in [0, 0.1) is 6.92 Å². The number of amides is 2. The van der Waals surface area contributed by atoms with Gasteiger partial charge < -0.3 is 10.6 Å². The van der Waals surface area contributed by atoms with Crippen molar-refractivity contribution in [2.75, 3.05) is 11.9 Å². The van der Waals surface area contributed by atoms with Gasteiger partial charge in [-0.1, -0.05) is 43.7 Å². The van der Waals surface area contributed by atoms with Crippen LogP contribution in [0.2, 0.25) is 0 Å². The van der Waals surface area contributed by atoms with Gasteiger partial charge in [0.25, 0.3) is 11.8 Å². The van der Waals surface area contributed by atoms with Gasteiger partial charge in [-0.15, -0.1) is 0 Å². The van der Waals surface area contributed by atoms with Crippen LogP contribution in [-0.4, -0.2) is 23.5 Å². The third kappa shape index (κ3) is 5.39. The Hall–Kier alpha value is -2.73. The van der Waals surface area contributed by atoms with Crippen molar-refractivity contribution in [1.82, 2.24) is 10.6 Å². The number of aryl methyl sites for hydroxylation is 1. The topological polar surface area (TPSA) is 70.2 Å². The minimum absolute atomic E-state index is 0.145. The Labute approximate surface area is 159 Å². The van der Waals surface area contributed by atoms with Gasteiger partial charge in [0.1, 0.15) is 0 Å². The van der Waals surface area contributed by atoms with Crippen molar-refractivity contribution >= 4 is 34.8 Å². The Bertz CT molecular complexity index is 805. The number of para-hydroxylation sites is 1. The first-order valence-electron chi connectivity index (χ1n) is 8.58. The molecule has 0 radical (unpaired) electrons. The Kier molecular flexibility index (Phi) is 7.29. The number of hydrogen-bond acceptors (Lipinski definition) is 3. The predicted octanol–water partition coefficient (Wildman–Crippen LogP) is 3.65. The van der Waals surface area contributed by atoms with Crippen molar-refractivity contribution in [2.45, 2.75) is 26.7 Å². The molecule has 0 aromatic heterocycles. The number of carbonyl (C=O) groups is 2. The largest absolute Gasteiger partial charge is 0.352 e. The predicted molar refractivity (Wildman–Crippen MR) is 109 cm³/mol. The van der Waals surface area contributed by atoms with Crippen LogP contribution < -0.4 is 16.0 Å². The van der Waals surface area contributed by atoms with E-state index in [1.807, 2.05) is 19.1 Å². The Morgan fingerprint density at radius 2 is 1.62 bits per heavy atom. The van der Waals surface area contributed by atoms with Gasteiger partial charge in [0, 0.05) is 12.1 Å². The van der Waals surface area contributed by atoms with Gasteiger partial charge in [-0.05, 0) is 49.3 Å². The number of carbonyl (C=O) groups excluding carboxylic acids is 2. The summed E-state index contributed by atoms with van der Waals surface area (Å²) < 4.78 is 0. The molecule has 3 N–H and O–H groups in total. The van der Waals surface area contributed by atoms with E-state index in [1.165, 1.54) is 0 Å². The van der Waals surface area contributed by atoms with E-state index in [1.54, 1.807) is 36.4 Å². The number of anilines is 1. The van der Waals surface area contributed by atoms with Gasteiger partial charge in [-0.2, -0.15) is 0 Å². The van der Waals surface area contributed by atoms with Gasteiger partial charge >= 0.3 is 0 Å². The lowest BCUT2D eigenvalue weighted by Gasteiger charge is -2.14. The molecule has 2 aromatic carbocycles. The molecule has 0 saturated carbocycles. The summed E-state index contributed by atoms with van der Waals surface area (Å²) in [4.78, 5) is 24.7. The molecular weight excluding hydrogens is 346 g/mol. The van der Waals surface area contributed by atoms with E-state index in [0.29, 0.717) is 23.4 Å².